The van der Waals surface area contributed by atoms with Gasteiger partial charge in [0.25, 0.3) is 0 Å². The number of aliphatic hydroxyl groups excluding tert-OH is 1. The van der Waals surface area contributed by atoms with Crippen molar-refractivity contribution in [3.63, 3.8) is 0 Å². The van der Waals surface area contributed by atoms with Gasteiger partial charge in [-0.1, -0.05) is 6.07 Å². The molecule has 0 aromatic heterocycles. The number of hydrogen-bond donors (Lipinski definition) is 1. The molecule has 21 heavy (non-hydrogen) atoms. The van der Waals surface area contributed by atoms with Crippen molar-refractivity contribution in [1.29, 1.82) is 0 Å². The van der Waals surface area contributed by atoms with Gasteiger partial charge in [0.2, 0.25) is 0 Å². The molecule has 2 rings (SSSR count). The standard InChI is InChI=1S/C15H22F2N2O2/c1-18(2)8-12-9-19(5-6-21-12)10-15(20)11-3-4-13(16)14(17)7-11/h3-4,7,12,15,20H,5-6,8-10H2,1-2H3/t12-,15-/m0/s1. The van der Waals surface area contributed by atoms with Crippen LogP contribution in [-0.2, 0) is 4.74 Å². The molecular weight excluding hydrogens is 278 g/mol. The third kappa shape index (κ3) is 4.71. The molecule has 1 aromatic rings. The number of β-amino-alcohol motifs (C(OH)–C–C–N with tert-alkyl or cyclic N) is 1. The van der Waals surface area contributed by atoms with Crippen LogP contribution < -0.4 is 0 Å². The zero-order valence-electron chi connectivity index (χ0n) is 12.4. The number of likely N-dealkylation sites (N-methyl/N-ethyl adjacent to an activating group) is 1. The number of nitrogens with zero attached hydrogens (tertiary/aromatic N) is 2. The molecule has 1 fully saturated rings. The topological polar surface area (TPSA) is 35.9 Å². The van der Waals surface area contributed by atoms with E-state index in [0.717, 1.165) is 31.8 Å². The van der Waals surface area contributed by atoms with Crippen LogP contribution in [0.3, 0.4) is 0 Å². The second-order valence-corrected chi connectivity index (χ2v) is 5.70. The summed E-state index contributed by atoms with van der Waals surface area (Å²) in [6, 6.07) is 3.51. The Morgan fingerprint density at radius 3 is 2.81 bits per heavy atom. The van der Waals surface area contributed by atoms with E-state index in [9.17, 15) is 13.9 Å². The molecule has 0 spiro atoms. The third-order valence-corrected chi connectivity index (χ3v) is 3.55. The van der Waals surface area contributed by atoms with Gasteiger partial charge in [-0.3, -0.25) is 4.90 Å². The molecular formula is C15H22F2N2O2. The van der Waals surface area contributed by atoms with E-state index in [2.05, 4.69) is 9.80 Å². The predicted octanol–water partition coefficient (Wildman–Crippen LogP) is 1.26. The molecule has 0 saturated carbocycles. The number of morpholine rings is 1. The first kappa shape index (κ1) is 16.3. The summed E-state index contributed by atoms with van der Waals surface area (Å²) in [7, 11) is 3.97. The molecule has 0 radical (unpaired) electrons. The zero-order valence-corrected chi connectivity index (χ0v) is 12.4. The minimum Gasteiger partial charge on any atom is -0.387 e. The number of halogens is 2. The Hall–Kier alpha value is -1.08. The zero-order chi connectivity index (χ0) is 15.4. The lowest BCUT2D eigenvalue weighted by Gasteiger charge is -2.35. The maximum Gasteiger partial charge on any atom is 0.159 e. The maximum atomic E-state index is 13.2. The van der Waals surface area contributed by atoms with E-state index in [1.54, 1.807) is 0 Å². The molecule has 0 bridgehead atoms. The Morgan fingerprint density at radius 1 is 1.38 bits per heavy atom. The van der Waals surface area contributed by atoms with Crippen molar-refractivity contribution in [2.24, 2.45) is 0 Å². The average Bonchev–Trinajstić information content (AvgIpc) is 2.41. The lowest BCUT2D eigenvalue weighted by molar-refractivity contribution is -0.0489. The highest BCUT2D eigenvalue weighted by atomic mass is 19.2. The summed E-state index contributed by atoms with van der Waals surface area (Å²) < 4.78 is 31.8. The van der Waals surface area contributed by atoms with Gasteiger partial charge in [-0.05, 0) is 31.8 Å². The average molecular weight is 300 g/mol. The number of aliphatic hydroxyl groups is 1. The fourth-order valence-electron chi connectivity index (χ4n) is 2.53. The van der Waals surface area contributed by atoms with Crippen LogP contribution in [0.15, 0.2) is 18.2 Å². The van der Waals surface area contributed by atoms with E-state index in [-0.39, 0.29) is 6.10 Å². The molecule has 1 saturated heterocycles. The highest BCUT2D eigenvalue weighted by Crippen LogP contribution is 2.18. The van der Waals surface area contributed by atoms with Crippen molar-refractivity contribution in [3.8, 4) is 0 Å². The highest BCUT2D eigenvalue weighted by Gasteiger charge is 2.23. The minimum absolute atomic E-state index is 0.103. The minimum atomic E-state index is -0.931. The quantitative estimate of drug-likeness (QED) is 0.888. The molecule has 1 heterocycles. The van der Waals surface area contributed by atoms with Crippen molar-refractivity contribution in [1.82, 2.24) is 9.80 Å². The monoisotopic (exact) mass is 300 g/mol. The molecule has 1 aliphatic rings. The van der Waals surface area contributed by atoms with Crippen molar-refractivity contribution in [3.05, 3.63) is 35.4 Å². The summed E-state index contributed by atoms with van der Waals surface area (Å²) in [6.07, 6.45) is -0.732. The van der Waals surface area contributed by atoms with Crippen LogP contribution in [0.2, 0.25) is 0 Å². The third-order valence-electron chi connectivity index (χ3n) is 3.55. The van der Waals surface area contributed by atoms with Crippen LogP contribution in [0, 0.1) is 11.6 Å². The molecule has 6 heteroatoms. The second kappa shape index (κ2) is 7.26. The van der Waals surface area contributed by atoms with Crippen LogP contribution in [0.5, 0.6) is 0 Å². The second-order valence-electron chi connectivity index (χ2n) is 5.70. The lowest BCUT2D eigenvalue weighted by Crippen LogP contribution is -2.47. The van der Waals surface area contributed by atoms with Gasteiger partial charge in [0.1, 0.15) is 0 Å². The Bertz CT molecular complexity index is 471. The summed E-state index contributed by atoms with van der Waals surface area (Å²) in [5, 5.41) is 10.2. The normalized spacial score (nSPS) is 21.7. The van der Waals surface area contributed by atoms with Gasteiger partial charge in [0.15, 0.2) is 11.6 Å². The van der Waals surface area contributed by atoms with Crippen LogP contribution in [0.25, 0.3) is 0 Å². The first-order chi connectivity index (χ1) is 9.95. The van der Waals surface area contributed by atoms with Crippen LogP contribution in [0.1, 0.15) is 11.7 Å². The highest BCUT2D eigenvalue weighted by molar-refractivity contribution is 5.20. The summed E-state index contributed by atoms with van der Waals surface area (Å²) in [6.45, 7) is 3.27. The van der Waals surface area contributed by atoms with Crippen LogP contribution in [-0.4, -0.2) is 67.9 Å². The molecule has 1 N–H and O–H groups in total. The van der Waals surface area contributed by atoms with E-state index in [1.807, 2.05) is 14.1 Å². The van der Waals surface area contributed by atoms with Gasteiger partial charge >= 0.3 is 0 Å². The molecule has 0 amide bonds. The number of benzene rings is 1. The van der Waals surface area contributed by atoms with Crippen LogP contribution >= 0.6 is 0 Å². The van der Waals surface area contributed by atoms with Gasteiger partial charge in [-0.15, -0.1) is 0 Å². The number of hydrogen-bond acceptors (Lipinski definition) is 4. The summed E-state index contributed by atoms with van der Waals surface area (Å²) in [5.41, 5.74) is 0.393. The molecule has 0 unspecified atom stereocenters. The van der Waals surface area contributed by atoms with Gasteiger partial charge in [-0.2, -0.15) is 0 Å². The van der Waals surface area contributed by atoms with Crippen molar-refractivity contribution in [2.45, 2.75) is 12.2 Å². The van der Waals surface area contributed by atoms with Gasteiger partial charge in [-0.25, -0.2) is 8.78 Å². The van der Waals surface area contributed by atoms with Gasteiger partial charge in [0, 0.05) is 26.2 Å². The van der Waals surface area contributed by atoms with E-state index in [1.165, 1.54) is 6.07 Å². The van der Waals surface area contributed by atoms with E-state index in [4.69, 9.17) is 4.74 Å². The van der Waals surface area contributed by atoms with Gasteiger partial charge in [0.05, 0.1) is 18.8 Å². The Morgan fingerprint density at radius 2 is 2.14 bits per heavy atom. The summed E-state index contributed by atoms with van der Waals surface area (Å²) in [4.78, 5) is 4.14. The molecule has 118 valence electrons. The van der Waals surface area contributed by atoms with E-state index < -0.39 is 17.7 Å². The maximum absolute atomic E-state index is 13.2. The fourth-order valence-corrected chi connectivity index (χ4v) is 2.53. The van der Waals surface area contributed by atoms with Crippen molar-refractivity contribution < 1.29 is 18.6 Å². The van der Waals surface area contributed by atoms with Gasteiger partial charge < -0.3 is 14.7 Å². The molecule has 2 atom stereocenters. The molecule has 0 aliphatic carbocycles. The van der Waals surface area contributed by atoms with E-state index in [0.29, 0.717) is 18.7 Å². The predicted molar refractivity (Wildman–Crippen MR) is 76.1 cm³/mol. The van der Waals surface area contributed by atoms with Crippen molar-refractivity contribution in [2.75, 3.05) is 46.9 Å². The Kier molecular flexibility index (Phi) is 5.64. The Balaban J connectivity index is 1.92. The number of rotatable bonds is 5. The number of ether oxygens (including phenoxy) is 1. The fraction of sp³-hybridized carbons (Fsp3) is 0.600. The molecule has 1 aliphatic heterocycles. The largest absolute Gasteiger partial charge is 0.387 e. The smallest absolute Gasteiger partial charge is 0.159 e. The Labute approximate surface area is 123 Å². The SMILES string of the molecule is CN(C)C[C@H]1CN(C[C@H](O)c2ccc(F)c(F)c2)CCO1. The van der Waals surface area contributed by atoms with Crippen LogP contribution in [0.4, 0.5) is 8.78 Å². The van der Waals surface area contributed by atoms with Crippen molar-refractivity contribution >= 4 is 0 Å². The summed E-state index contributed by atoms with van der Waals surface area (Å²) >= 11 is 0. The lowest BCUT2D eigenvalue weighted by atomic mass is 10.1. The van der Waals surface area contributed by atoms with E-state index >= 15 is 0 Å². The first-order valence-electron chi connectivity index (χ1n) is 7.07. The molecule has 4 nitrogen and oxygen atoms in total. The first-order valence-corrected chi connectivity index (χ1v) is 7.07. The summed E-state index contributed by atoms with van der Waals surface area (Å²) in [5.74, 6) is -1.83. The molecule has 1 aromatic carbocycles.